The fourth-order valence-corrected chi connectivity index (χ4v) is 2.58. The van der Waals surface area contributed by atoms with Gasteiger partial charge in [0.15, 0.2) is 5.82 Å². The number of hydrogen-bond acceptors (Lipinski definition) is 5. The molecule has 0 bridgehead atoms. The van der Waals surface area contributed by atoms with Gasteiger partial charge >= 0.3 is 0 Å². The van der Waals surface area contributed by atoms with Gasteiger partial charge in [0, 0.05) is 22.0 Å². The summed E-state index contributed by atoms with van der Waals surface area (Å²) in [5.74, 6) is 2.23. The van der Waals surface area contributed by atoms with Gasteiger partial charge < -0.3 is 9.26 Å². The second-order valence-electron chi connectivity index (χ2n) is 6.75. The van der Waals surface area contributed by atoms with Crippen LogP contribution in [0.5, 0.6) is 5.75 Å². The summed E-state index contributed by atoms with van der Waals surface area (Å²) >= 11 is 3.51. The van der Waals surface area contributed by atoms with E-state index in [1.807, 2.05) is 19.2 Å². The standard InChI is InChI=1S/C17H24BrN3O2/c1-11(15-19-16(20-23-15)17(2,3)4)21(5)10-12-9-13(18)7-8-14(12)22-6/h7-9,11H,10H2,1-6H3. The summed E-state index contributed by atoms with van der Waals surface area (Å²) in [6.07, 6.45) is 0. The van der Waals surface area contributed by atoms with Gasteiger partial charge in [-0.2, -0.15) is 4.98 Å². The maximum atomic E-state index is 5.45. The molecule has 0 saturated carbocycles. The lowest BCUT2D eigenvalue weighted by Crippen LogP contribution is -2.23. The Balaban J connectivity index is 2.16. The zero-order valence-corrected chi connectivity index (χ0v) is 16.1. The van der Waals surface area contributed by atoms with Crippen molar-refractivity contribution in [2.24, 2.45) is 0 Å². The first-order valence-corrected chi connectivity index (χ1v) is 8.38. The molecule has 0 aliphatic rings. The molecule has 1 atom stereocenters. The zero-order chi connectivity index (χ0) is 17.2. The molecule has 0 radical (unpaired) electrons. The minimum atomic E-state index is -0.118. The Morgan fingerprint density at radius 3 is 2.61 bits per heavy atom. The summed E-state index contributed by atoms with van der Waals surface area (Å²) < 4.78 is 11.9. The van der Waals surface area contributed by atoms with E-state index >= 15 is 0 Å². The number of rotatable bonds is 5. The maximum Gasteiger partial charge on any atom is 0.243 e. The Morgan fingerprint density at radius 2 is 2.04 bits per heavy atom. The molecule has 0 aliphatic carbocycles. The van der Waals surface area contributed by atoms with Crippen LogP contribution in [0.2, 0.25) is 0 Å². The van der Waals surface area contributed by atoms with Crippen LogP contribution in [0.1, 0.15) is 51.0 Å². The van der Waals surface area contributed by atoms with E-state index in [4.69, 9.17) is 9.26 Å². The minimum absolute atomic E-state index is 0.0160. The second-order valence-corrected chi connectivity index (χ2v) is 7.67. The number of methoxy groups -OCH3 is 1. The molecule has 0 N–H and O–H groups in total. The molecule has 23 heavy (non-hydrogen) atoms. The highest BCUT2D eigenvalue weighted by atomic mass is 79.9. The molecular weight excluding hydrogens is 358 g/mol. The van der Waals surface area contributed by atoms with E-state index in [1.54, 1.807) is 7.11 Å². The smallest absolute Gasteiger partial charge is 0.243 e. The molecule has 126 valence electrons. The summed E-state index contributed by atoms with van der Waals surface area (Å²) in [5, 5.41) is 4.10. The molecule has 2 rings (SSSR count). The molecule has 1 unspecified atom stereocenters. The normalized spacial score (nSPS) is 13.4. The van der Waals surface area contributed by atoms with E-state index in [0.29, 0.717) is 5.89 Å². The van der Waals surface area contributed by atoms with Gasteiger partial charge in [-0.1, -0.05) is 41.9 Å². The lowest BCUT2D eigenvalue weighted by Gasteiger charge is -2.23. The highest BCUT2D eigenvalue weighted by Gasteiger charge is 2.25. The molecule has 0 saturated heterocycles. The fourth-order valence-electron chi connectivity index (χ4n) is 2.17. The Hall–Kier alpha value is -1.40. The van der Waals surface area contributed by atoms with Crippen LogP contribution in [-0.2, 0) is 12.0 Å². The van der Waals surface area contributed by atoms with Crippen molar-refractivity contribution in [1.82, 2.24) is 15.0 Å². The number of benzene rings is 1. The minimum Gasteiger partial charge on any atom is -0.496 e. The van der Waals surface area contributed by atoms with Crippen molar-refractivity contribution in [3.05, 3.63) is 40.0 Å². The predicted octanol–water partition coefficient (Wildman–Crippen LogP) is 4.33. The van der Waals surface area contributed by atoms with Gasteiger partial charge in [0.25, 0.3) is 0 Å². The summed E-state index contributed by atoms with van der Waals surface area (Å²) in [7, 11) is 3.72. The topological polar surface area (TPSA) is 51.4 Å². The van der Waals surface area contributed by atoms with E-state index in [1.165, 1.54) is 0 Å². The average molecular weight is 382 g/mol. The Kier molecular flexibility index (Phi) is 5.47. The first-order chi connectivity index (χ1) is 10.7. The van der Waals surface area contributed by atoms with Crippen LogP contribution in [0.15, 0.2) is 27.2 Å². The molecule has 5 nitrogen and oxygen atoms in total. The third-order valence-electron chi connectivity index (χ3n) is 3.79. The van der Waals surface area contributed by atoms with Crippen molar-refractivity contribution in [3.8, 4) is 5.75 Å². The summed E-state index contributed by atoms with van der Waals surface area (Å²) in [4.78, 5) is 6.70. The van der Waals surface area contributed by atoms with Crippen molar-refractivity contribution in [3.63, 3.8) is 0 Å². The predicted molar refractivity (Wildman–Crippen MR) is 93.6 cm³/mol. The van der Waals surface area contributed by atoms with Gasteiger partial charge in [-0.05, 0) is 32.2 Å². The summed E-state index contributed by atoms with van der Waals surface area (Å²) in [5.41, 5.74) is 0.986. The first-order valence-electron chi connectivity index (χ1n) is 7.59. The highest BCUT2D eigenvalue weighted by Crippen LogP contribution is 2.28. The van der Waals surface area contributed by atoms with Gasteiger partial charge in [-0.3, -0.25) is 4.90 Å². The van der Waals surface area contributed by atoms with Gasteiger partial charge in [0.05, 0.1) is 13.2 Å². The maximum absolute atomic E-state index is 5.45. The van der Waals surface area contributed by atoms with Gasteiger partial charge in [-0.15, -0.1) is 0 Å². The Morgan fingerprint density at radius 1 is 1.35 bits per heavy atom. The third kappa shape index (κ3) is 4.32. The SMILES string of the molecule is COc1ccc(Br)cc1CN(C)C(C)c1nc(C(C)(C)C)no1. The molecule has 0 aliphatic heterocycles. The van der Waals surface area contributed by atoms with Crippen molar-refractivity contribution in [1.29, 1.82) is 0 Å². The number of hydrogen-bond donors (Lipinski definition) is 0. The Labute approximate surface area is 146 Å². The molecule has 1 heterocycles. The summed E-state index contributed by atoms with van der Waals surface area (Å²) in [6, 6.07) is 6.01. The molecule has 0 fully saturated rings. The van der Waals surface area contributed by atoms with Crippen LogP contribution < -0.4 is 4.74 Å². The quantitative estimate of drug-likeness (QED) is 0.771. The van der Waals surface area contributed by atoms with E-state index in [2.05, 4.69) is 64.7 Å². The first kappa shape index (κ1) is 17.9. The van der Waals surface area contributed by atoms with E-state index < -0.39 is 0 Å². The van der Waals surface area contributed by atoms with Gasteiger partial charge in [-0.25, -0.2) is 0 Å². The number of halogens is 1. The third-order valence-corrected chi connectivity index (χ3v) is 4.29. The monoisotopic (exact) mass is 381 g/mol. The molecule has 0 amide bonds. The zero-order valence-electron chi connectivity index (χ0n) is 14.6. The van der Waals surface area contributed by atoms with Crippen molar-refractivity contribution < 1.29 is 9.26 Å². The van der Waals surface area contributed by atoms with E-state index in [0.717, 1.165) is 28.2 Å². The van der Waals surface area contributed by atoms with Crippen LogP contribution in [0.3, 0.4) is 0 Å². The van der Waals surface area contributed by atoms with Crippen molar-refractivity contribution in [2.45, 2.75) is 45.7 Å². The molecule has 1 aromatic carbocycles. The van der Waals surface area contributed by atoms with Gasteiger partial charge in [0.2, 0.25) is 5.89 Å². The molecule has 0 spiro atoms. The molecular formula is C17H24BrN3O2. The molecule has 6 heteroatoms. The van der Waals surface area contributed by atoms with Crippen molar-refractivity contribution in [2.75, 3.05) is 14.2 Å². The number of aromatic nitrogens is 2. The largest absolute Gasteiger partial charge is 0.496 e. The molecule has 1 aromatic heterocycles. The average Bonchev–Trinajstić information content (AvgIpc) is 2.96. The van der Waals surface area contributed by atoms with Crippen LogP contribution >= 0.6 is 15.9 Å². The van der Waals surface area contributed by atoms with Crippen LogP contribution in [0.25, 0.3) is 0 Å². The van der Waals surface area contributed by atoms with Crippen LogP contribution in [-0.4, -0.2) is 29.2 Å². The second kappa shape index (κ2) is 7.01. The van der Waals surface area contributed by atoms with Crippen LogP contribution in [0.4, 0.5) is 0 Å². The Bertz CT molecular complexity index is 664. The fraction of sp³-hybridized carbons (Fsp3) is 0.529. The number of nitrogens with zero attached hydrogens (tertiary/aromatic N) is 3. The lowest BCUT2D eigenvalue weighted by molar-refractivity contribution is 0.200. The highest BCUT2D eigenvalue weighted by molar-refractivity contribution is 9.10. The lowest BCUT2D eigenvalue weighted by atomic mass is 9.96. The van der Waals surface area contributed by atoms with Crippen LogP contribution in [0, 0.1) is 0 Å². The molecule has 2 aromatic rings. The van der Waals surface area contributed by atoms with Gasteiger partial charge in [0.1, 0.15) is 5.75 Å². The summed E-state index contributed by atoms with van der Waals surface area (Å²) in [6.45, 7) is 8.99. The van der Waals surface area contributed by atoms with Crippen molar-refractivity contribution >= 4 is 15.9 Å². The van der Waals surface area contributed by atoms with E-state index in [9.17, 15) is 0 Å². The number of ether oxygens (including phenoxy) is 1. The van der Waals surface area contributed by atoms with E-state index in [-0.39, 0.29) is 11.5 Å².